The lowest BCUT2D eigenvalue weighted by Gasteiger charge is -2.32. The number of likely N-dealkylation sites (tertiary alicyclic amines) is 1. The highest BCUT2D eigenvalue weighted by molar-refractivity contribution is 5.97. The van der Waals surface area contributed by atoms with E-state index in [2.05, 4.69) is 41.6 Å². The molecule has 6 nitrogen and oxygen atoms in total. The van der Waals surface area contributed by atoms with Gasteiger partial charge in [-0.2, -0.15) is 5.10 Å². The van der Waals surface area contributed by atoms with Gasteiger partial charge in [-0.05, 0) is 51.3 Å². The van der Waals surface area contributed by atoms with Gasteiger partial charge in [-0.15, -0.1) is 0 Å². The van der Waals surface area contributed by atoms with Gasteiger partial charge < -0.3 is 10.2 Å². The fraction of sp³-hybridized carbons (Fsp3) is 0.346. The number of aromatic nitrogens is 2. The SMILES string of the molecule is Cc1ccc(Cn2nc(C)c(C(=O)N3CCCC(C(=O)Nc4ccccc4)C3)c2C)cc1. The van der Waals surface area contributed by atoms with E-state index in [9.17, 15) is 9.59 Å². The lowest BCUT2D eigenvalue weighted by molar-refractivity contribution is -0.121. The molecule has 2 heterocycles. The molecular weight excluding hydrogens is 400 g/mol. The molecule has 2 aromatic carbocycles. The van der Waals surface area contributed by atoms with Crippen molar-refractivity contribution < 1.29 is 9.59 Å². The van der Waals surface area contributed by atoms with Crippen LogP contribution in [0, 0.1) is 26.7 Å². The molecule has 0 spiro atoms. The summed E-state index contributed by atoms with van der Waals surface area (Å²) in [6, 6.07) is 17.8. The molecule has 1 unspecified atom stereocenters. The predicted molar refractivity (Wildman–Crippen MR) is 126 cm³/mol. The van der Waals surface area contributed by atoms with Crippen LogP contribution in [0.25, 0.3) is 0 Å². The van der Waals surface area contributed by atoms with Crippen molar-refractivity contribution in [2.24, 2.45) is 5.92 Å². The van der Waals surface area contributed by atoms with Crippen LogP contribution < -0.4 is 5.32 Å². The maximum atomic E-state index is 13.4. The third-order valence-corrected chi connectivity index (χ3v) is 6.17. The Hall–Kier alpha value is -3.41. The summed E-state index contributed by atoms with van der Waals surface area (Å²) in [5.41, 5.74) is 5.40. The monoisotopic (exact) mass is 430 g/mol. The summed E-state index contributed by atoms with van der Waals surface area (Å²) in [5.74, 6) is -0.277. The third-order valence-electron chi connectivity index (χ3n) is 6.17. The van der Waals surface area contributed by atoms with E-state index in [0.29, 0.717) is 25.2 Å². The number of amides is 2. The molecule has 0 aliphatic carbocycles. The first kappa shape index (κ1) is 21.8. The fourth-order valence-corrected chi connectivity index (χ4v) is 4.33. The van der Waals surface area contributed by atoms with E-state index in [0.717, 1.165) is 35.5 Å². The summed E-state index contributed by atoms with van der Waals surface area (Å²) < 4.78 is 1.90. The van der Waals surface area contributed by atoms with E-state index < -0.39 is 0 Å². The molecule has 166 valence electrons. The van der Waals surface area contributed by atoms with Crippen LogP contribution >= 0.6 is 0 Å². The quantitative estimate of drug-likeness (QED) is 0.654. The lowest BCUT2D eigenvalue weighted by Crippen LogP contribution is -2.44. The van der Waals surface area contributed by atoms with Crippen molar-refractivity contribution in [2.45, 2.75) is 40.2 Å². The number of nitrogens with one attached hydrogen (secondary N) is 1. The van der Waals surface area contributed by atoms with Crippen LogP contribution in [0.15, 0.2) is 54.6 Å². The Bertz CT molecular complexity index is 1100. The molecule has 1 aromatic heterocycles. The van der Waals surface area contributed by atoms with Gasteiger partial charge in [0.05, 0.1) is 23.7 Å². The molecule has 4 rings (SSSR count). The van der Waals surface area contributed by atoms with Gasteiger partial charge in [0.2, 0.25) is 5.91 Å². The van der Waals surface area contributed by atoms with Crippen LogP contribution in [0.1, 0.15) is 45.7 Å². The van der Waals surface area contributed by atoms with Gasteiger partial charge in [0.25, 0.3) is 5.91 Å². The summed E-state index contributed by atoms with van der Waals surface area (Å²) >= 11 is 0. The first-order valence-corrected chi connectivity index (χ1v) is 11.2. The number of nitrogens with zero attached hydrogens (tertiary/aromatic N) is 3. The number of carbonyl (C=O) groups excluding carboxylic acids is 2. The first-order chi connectivity index (χ1) is 15.4. The van der Waals surface area contributed by atoms with Gasteiger partial charge in [0.1, 0.15) is 0 Å². The Morgan fingerprint density at radius 1 is 1.03 bits per heavy atom. The number of hydrogen-bond acceptors (Lipinski definition) is 3. The van der Waals surface area contributed by atoms with E-state index in [-0.39, 0.29) is 17.7 Å². The van der Waals surface area contributed by atoms with E-state index in [1.165, 1.54) is 5.56 Å². The van der Waals surface area contributed by atoms with Gasteiger partial charge in [-0.25, -0.2) is 0 Å². The zero-order valence-electron chi connectivity index (χ0n) is 19.0. The standard InChI is InChI=1S/C26H30N4O2/c1-18-11-13-21(14-12-18)16-30-20(3)24(19(2)28-30)26(32)29-15-7-8-22(17-29)25(31)27-23-9-5-4-6-10-23/h4-6,9-14,22H,7-8,15-17H2,1-3H3,(H,27,31). The average molecular weight is 431 g/mol. The largest absolute Gasteiger partial charge is 0.338 e. The second-order valence-corrected chi connectivity index (χ2v) is 8.63. The molecule has 2 amide bonds. The van der Waals surface area contributed by atoms with Crippen molar-refractivity contribution in [3.05, 3.63) is 82.7 Å². The smallest absolute Gasteiger partial charge is 0.257 e. The summed E-state index contributed by atoms with van der Waals surface area (Å²) in [6.07, 6.45) is 1.60. The minimum Gasteiger partial charge on any atom is -0.338 e. The Kier molecular flexibility index (Phi) is 6.40. The Morgan fingerprint density at radius 3 is 2.47 bits per heavy atom. The van der Waals surface area contributed by atoms with E-state index in [1.807, 2.05) is 53.8 Å². The highest BCUT2D eigenvalue weighted by Crippen LogP contribution is 2.23. The number of aryl methyl sites for hydroxylation is 2. The molecule has 1 aliphatic heterocycles. The van der Waals surface area contributed by atoms with Gasteiger partial charge in [0, 0.05) is 24.5 Å². The van der Waals surface area contributed by atoms with E-state index in [1.54, 1.807) is 0 Å². The number of hydrogen-bond donors (Lipinski definition) is 1. The molecule has 0 radical (unpaired) electrons. The van der Waals surface area contributed by atoms with Crippen molar-refractivity contribution in [3.8, 4) is 0 Å². The normalized spacial score (nSPS) is 16.1. The summed E-state index contributed by atoms with van der Waals surface area (Å²) in [6.45, 7) is 7.62. The van der Waals surface area contributed by atoms with Crippen LogP contribution in [-0.2, 0) is 11.3 Å². The Balaban J connectivity index is 1.47. The van der Waals surface area contributed by atoms with Gasteiger partial charge in [0.15, 0.2) is 0 Å². The molecular formula is C26H30N4O2. The van der Waals surface area contributed by atoms with Crippen molar-refractivity contribution in [3.63, 3.8) is 0 Å². The van der Waals surface area contributed by atoms with Crippen LogP contribution in [0.4, 0.5) is 5.69 Å². The summed E-state index contributed by atoms with van der Waals surface area (Å²) in [4.78, 5) is 28.0. The second kappa shape index (κ2) is 9.39. The lowest BCUT2D eigenvalue weighted by atomic mass is 9.96. The topological polar surface area (TPSA) is 67.2 Å². The molecule has 0 bridgehead atoms. The molecule has 32 heavy (non-hydrogen) atoms. The van der Waals surface area contributed by atoms with Crippen LogP contribution in [0.5, 0.6) is 0 Å². The Morgan fingerprint density at radius 2 is 1.75 bits per heavy atom. The third kappa shape index (κ3) is 4.74. The van der Waals surface area contributed by atoms with Crippen LogP contribution in [-0.4, -0.2) is 39.6 Å². The molecule has 1 fully saturated rings. The molecule has 1 saturated heterocycles. The second-order valence-electron chi connectivity index (χ2n) is 8.63. The van der Waals surface area contributed by atoms with Crippen molar-refractivity contribution in [1.29, 1.82) is 0 Å². The minimum absolute atomic E-state index is 0.0304. The number of benzene rings is 2. The molecule has 0 saturated carbocycles. The summed E-state index contributed by atoms with van der Waals surface area (Å²) in [7, 11) is 0. The van der Waals surface area contributed by atoms with Gasteiger partial charge >= 0.3 is 0 Å². The Labute approximate surface area is 189 Å². The number of piperidine rings is 1. The number of carbonyl (C=O) groups is 2. The average Bonchev–Trinajstić information content (AvgIpc) is 3.08. The first-order valence-electron chi connectivity index (χ1n) is 11.2. The van der Waals surface area contributed by atoms with Crippen LogP contribution in [0.2, 0.25) is 0 Å². The van der Waals surface area contributed by atoms with Crippen molar-refractivity contribution in [1.82, 2.24) is 14.7 Å². The zero-order chi connectivity index (χ0) is 22.7. The predicted octanol–water partition coefficient (Wildman–Crippen LogP) is 4.35. The number of anilines is 1. The zero-order valence-corrected chi connectivity index (χ0v) is 19.0. The number of para-hydroxylation sites is 1. The minimum atomic E-state index is -0.212. The summed E-state index contributed by atoms with van der Waals surface area (Å²) in [5, 5.41) is 7.62. The number of rotatable bonds is 5. The highest BCUT2D eigenvalue weighted by Gasteiger charge is 2.31. The van der Waals surface area contributed by atoms with Gasteiger partial charge in [-0.1, -0.05) is 48.0 Å². The van der Waals surface area contributed by atoms with E-state index >= 15 is 0 Å². The molecule has 1 atom stereocenters. The maximum absolute atomic E-state index is 13.4. The molecule has 1 aliphatic rings. The molecule has 1 N–H and O–H groups in total. The van der Waals surface area contributed by atoms with E-state index in [4.69, 9.17) is 0 Å². The molecule has 3 aromatic rings. The van der Waals surface area contributed by atoms with Gasteiger partial charge in [-0.3, -0.25) is 14.3 Å². The highest BCUT2D eigenvalue weighted by atomic mass is 16.2. The molecule has 6 heteroatoms. The fourth-order valence-electron chi connectivity index (χ4n) is 4.33. The maximum Gasteiger partial charge on any atom is 0.257 e. The van der Waals surface area contributed by atoms with Crippen LogP contribution in [0.3, 0.4) is 0 Å². The van der Waals surface area contributed by atoms with Crippen molar-refractivity contribution in [2.75, 3.05) is 18.4 Å². The van der Waals surface area contributed by atoms with Crippen molar-refractivity contribution >= 4 is 17.5 Å².